The van der Waals surface area contributed by atoms with Crippen molar-refractivity contribution in [3.05, 3.63) is 24.3 Å². The van der Waals surface area contributed by atoms with Crippen molar-refractivity contribution in [2.75, 3.05) is 13.2 Å². The Morgan fingerprint density at radius 3 is 0.889 bits per heavy atom. The van der Waals surface area contributed by atoms with E-state index in [-0.39, 0.29) is 31.1 Å². The fourth-order valence-electron chi connectivity index (χ4n) is 8.24. The van der Waals surface area contributed by atoms with Gasteiger partial charge in [0.1, 0.15) is 13.2 Å². The van der Waals surface area contributed by atoms with Gasteiger partial charge in [-0.2, -0.15) is 0 Å². The molecule has 0 spiro atoms. The summed E-state index contributed by atoms with van der Waals surface area (Å²) in [5.41, 5.74) is 0. The van der Waals surface area contributed by atoms with E-state index in [0.717, 1.165) is 77.0 Å². The van der Waals surface area contributed by atoms with Crippen molar-refractivity contribution in [1.29, 1.82) is 0 Å². The smallest absolute Gasteiger partial charge is 0.306 e. The first kappa shape index (κ1) is 60.9. The second-order valence-electron chi connectivity index (χ2n) is 18.9. The Balaban J connectivity index is 4.28. The second-order valence-corrected chi connectivity index (χ2v) is 18.9. The van der Waals surface area contributed by atoms with Crippen LogP contribution in [0.5, 0.6) is 0 Å². The Kier molecular flexibility index (Phi) is 50.8. The van der Waals surface area contributed by atoms with Crippen molar-refractivity contribution in [2.24, 2.45) is 0 Å². The van der Waals surface area contributed by atoms with Crippen LogP contribution >= 0.6 is 0 Å². The van der Waals surface area contributed by atoms with Crippen molar-refractivity contribution >= 4 is 17.9 Å². The quantitative estimate of drug-likeness (QED) is 0.0262. The van der Waals surface area contributed by atoms with Gasteiger partial charge in [0.15, 0.2) is 6.10 Å². The molecule has 370 valence electrons. The summed E-state index contributed by atoms with van der Waals surface area (Å²) in [7, 11) is 0. The first-order valence-corrected chi connectivity index (χ1v) is 27.8. The average Bonchev–Trinajstić information content (AvgIpc) is 3.28. The molecule has 0 N–H and O–H groups in total. The van der Waals surface area contributed by atoms with E-state index in [1.165, 1.54) is 186 Å². The minimum absolute atomic E-state index is 0.0719. The maximum absolute atomic E-state index is 12.8. The lowest BCUT2D eigenvalue weighted by Crippen LogP contribution is -2.30. The Morgan fingerprint density at radius 1 is 0.317 bits per heavy atom. The van der Waals surface area contributed by atoms with Crippen LogP contribution < -0.4 is 0 Å². The fraction of sp³-hybridized carbons (Fsp3) is 0.877. The number of unbranched alkanes of at least 4 members (excludes halogenated alkanes) is 36. The zero-order valence-electron chi connectivity index (χ0n) is 42.4. The van der Waals surface area contributed by atoms with E-state index in [0.29, 0.717) is 19.3 Å². The predicted octanol–water partition coefficient (Wildman–Crippen LogP) is 18.3. The molecule has 63 heavy (non-hydrogen) atoms. The van der Waals surface area contributed by atoms with Gasteiger partial charge in [0.05, 0.1) is 0 Å². The van der Waals surface area contributed by atoms with Crippen LogP contribution in [0.4, 0.5) is 0 Å². The molecule has 0 aliphatic heterocycles. The van der Waals surface area contributed by atoms with E-state index in [4.69, 9.17) is 14.2 Å². The number of hydrogen-bond donors (Lipinski definition) is 0. The SMILES string of the molecule is CCCCCC/C=C\C/C=C\CCCCCCCC(=O)OC(COC(=O)CCCCCCCCCCCC)COC(=O)CCCCCCCCCCCCCCCCCCCCC. The molecule has 0 aromatic carbocycles. The van der Waals surface area contributed by atoms with Gasteiger partial charge in [-0.25, -0.2) is 0 Å². The first-order chi connectivity index (χ1) is 31.0. The maximum Gasteiger partial charge on any atom is 0.306 e. The van der Waals surface area contributed by atoms with Crippen LogP contribution in [0.25, 0.3) is 0 Å². The first-order valence-electron chi connectivity index (χ1n) is 27.8. The largest absolute Gasteiger partial charge is 0.462 e. The van der Waals surface area contributed by atoms with Gasteiger partial charge in [0, 0.05) is 19.3 Å². The Hall–Kier alpha value is -2.11. The summed E-state index contributed by atoms with van der Waals surface area (Å²) >= 11 is 0. The highest BCUT2D eigenvalue weighted by Crippen LogP contribution is 2.17. The van der Waals surface area contributed by atoms with Gasteiger partial charge >= 0.3 is 17.9 Å². The summed E-state index contributed by atoms with van der Waals surface area (Å²) in [5.74, 6) is -0.870. The standard InChI is InChI=1S/C57H106O6/c1-4-7-10-13-16-19-22-24-26-28-29-30-32-33-35-38-41-44-47-50-56(59)62-53-54(52-61-55(58)49-46-43-40-37-21-18-15-12-9-6-3)63-57(60)51-48-45-42-39-36-34-31-27-25-23-20-17-14-11-8-5-2/h20,23,27,31,54H,4-19,21-22,24-26,28-30,32-53H2,1-3H3/b23-20-,31-27-. The average molecular weight is 887 g/mol. The van der Waals surface area contributed by atoms with Crippen LogP contribution in [0.3, 0.4) is 0 Å². The number of hydrogen-bond acceptors (Lipinski definition) is 6. The van der Waals surface area contributed by atoms with Gasteiger partial charge in [-0.15, -0.1) is 0 Å². The van der Waals surface area contributed by atoms with Crippen molar-refractivity contribution < 1.29 is 28.6 Å². The van der Waals surface area contributed by atoms with Crippen molar-refractivity contribution in [1.82, 2.24) is 0 Å². The van der Waals surface area contributed by atoms with E-state index in [1.54, 1.807) is 0 Å². The van der Waals surface area contributed by atoms with Crippen LogP contribution in [0.2, 0.25) is 0 Å². The number of esters is 3. The summed E-state index contributed by atoms with van der Waals surface area (Å²) in [6.45, 7) is 6.64. The van der Waals surface area contributed by atoms with E-state index in [9.17, 15) is 14.4 Å². The molecule has 0 aromatic rings. The molecule has 0 aliphatic rings. The Morgan fingerprint density at radius 2 is 0.571 bits per heavy atom. The van der Waals surface area contributed by atoms with Gasteiger partial charge < -0.3 is 14.2 Å². The fourth-order valence-corrected chi connectivity index (χ4v) is 8.24. The van der Waals surface area contributed by atoms with Gasteiger partial charge in [-0.3, -0.25) is 14.4 Å². The van der Waals surface area contributed by atoms with Gasteiger partial charge in [-0.05, 0) is 51.4 Å². The summed E-state index contributed by atoms with van der Waals surface area (Å²) in [4.78, 5) is 38.0. The number of carbonyl (C=O) groups excluding carboxylic acids is 3. The molecule has 6 heteroatoms. The molecular formula is C57H106O6. The minimum Gasteiger partial charge on any atom is -0.462 e. The molecule has 0 saturated carbocycles. The minimum atomic E-state index is -0.772. The summed E-state index contributed by atoms with van der Waals surface area (Å²) in [6.07, 6.45) is 60.2. The van der Waals surface area contributed by atoms with Crippen LogP contribution in [0.15, 0.2) is 24.3 Å². The molecule has 0 radical (unpaired) electrons. The lowest BCUT2D eigenvalue weighted by molar-refractivity contribution is -0.167. The molecule has 0 amide bonds. The molecule has 0 bridgehead atoms. The van der Waals surface area contributed by atoms with Crippen LogP contribution in [0, 0.1) is 0 Å². The highest BCUT2D eigenvalue weighted by atomic mass is 16.6. The molecule has 0 aliphatic carbocycles. The highest BCUT2D eigenvalue weighted by Gasteiger charge is 2.19. The van der Waals surface area contributed by atoms with Crippen LogP contribution in [-0.4, -0.2) is 37.2 Å². The van der Waals surface area contributed by atoms with E-state index < -0.39 is 6.10 Å². The summed E-state index contributed by atoms with van der Waals surface area (Å²) < 4.78 is 16.8. The van der Waals surface area contributed by atoms with Gasteiger partial charge in [-0.1, -0.05) is 257 Å². The Labute approximate surface area is 392 Å². The monoisotopic (exact) mass is 887 g/mol. The molecule has 0 saturated heterocycles. The molecule has 0 heterocycles. The normalized spacial score (nSPS) is 12.1. The molecule has 6 nitrogen and oxygen atoms in total. The molecule has 0 aromatic heterocycles. The van der Waals surface area contributed by atoms with E-state index >= 15 is 0 Å². The van der Waals surface area contributed by atoms with Crippen LogP contribution in [-0.2, 0) is 28.6 Å². The number of rotatable bonds is 51. The molecule has 0 rings (SSSR count). The van der Waals surface area contributed by atoms with Gasteiger partial charge in [0.25, 0.3) is 0 Å². The van der Waals surface area contributed by atoms with Crippen LogP contribution in [0.1, 0.15) is 303 Å². The van der Waals surface area contributed by atoms with Crippen molar-refractivity contribution in [3.63, 3.8) is 0 Å². The van der Waals surface area contributed by atoms with E-state index in [1.807, 2.05) is 0 Å². The zero-order valence-corrected chi connectivity index (χ0v) is 42.4. The molecular weight excluding hydrogens is 781 g/mol. The molecule has 1 atom stereocenters. The number of carbonyl (C=O) groups is 3. The van der Waals surface area contributed by atoms with E-state index in [2.05, 4.69) is 45.1 Å². The Bertz CT molecular complexity index is 1020. The number of ether oxygens (including phenoxy) is 3. The third-order valence-corrected chi connectivity index (χ3v) is 12.5. The summed E-state index contributed by atoms with van der Waals surface area (Å²) in [6, 6.07) is 0. The maximum atomic E-state index is 12.8. The zero-order chi connectivity index (χ0) is 45.8. The molecule has 0 fully saturated rings. The molecule has 1 unspecified atom stereocenters. The van der Waals surface area contributed by atoms with Crippen molar-refractivity contribution in [2.45, 2.75) is 309 Å². The third-order valence-electron chi connectivity index (χ3n) is 12.5. The predicted molar refractivity (Wildman–Crippen MR) is 270 cm³/mol. The third kappa shape index (κ3) is 50.7. The highest BCUT2D eigenvalue weighted by molar-refractivity contribution is 5.71. The van der Waals surface area contributed by atoms with Crippen molar-refractivity contribution in [3.8, 4) is 0 Å². The lowest BCUT2D eigenvalue weighted by Gasteiger charge is -2.18. The number of allylic oxidation sites excluding steroid dienone is 4. The van der Waals surface area contributed by atoms with Gasteiger partial charge in [0.2, 0.25) is 0 Å². The topological polar surface area (TPSA) is 78.9 Å². The lowest BCUT2D eigenvalue weighted by atomic mass is 10.0. The summed E-state index contributed by atoms with van der Waals surface area (Å²) in [5, 5.41) is 0. The second kappa shape index (κ2) is 52.5.